The summed E-state index contributed by atoms with van der Waals surface area (Å²) in [6.07, 6.45) is 3.10. The Hall–Kier alpha value is -1.73. The van der Waals surface area contributed by atoms with Gasteiger partial charge in [-0.3, -0.25) is 10.1 Å². The Labute approximate surface area is 130 Å². The summed E-state index contributed by atoms with van der Waals surface area (Å²) in [6, 6.07) is 7.81. The lowest BCUT2D eigenvalue weighted by Crippen LogP contribution is -2.38. The number of hydrogen-bond donors (Lipinski definition) is 1. The van der Waals surface area contributed by atoms with Gasteiger partial charge in [-0.25, -0.2) is 12.7 Å². The van der Waals surface area contributed by atoms with E-state index in [2.05, 4.69) is 10.2 Å². The van der Waals surface area contributed by atoms with Crippen molar-refractivity contribution >= 4 is 10.0 Å². The fraction of sp³-hybridized carbons (Fsp3) is 0.467. The number of rotatable bonds is 3. The van der Waals surface area contributed by atoms with E-state index in [1.165, 1.54) is 6.26 Å². The van der Waals surface area contributed by atoms with E-state index in [0.29, 0.717) is 13.1 Å². The van der Waals surface area contributed by atoms with Gasteiger partial charge in [0.25, 0.3) is 0 Å². The number of aryl methyl sites for hydroxylation is 1. The molecular formula is C15H20N4O2S. The van der Waals surface area contributed by atoms with Crippen molar-refractivity contribution in [2.75, 3.05) is 19.3 Å². The van der Waals surface area contributed by atoms with Crippen molar-refractivity contribution in [2.45, 2.75) is 25.7 Å². The van der Waals surface area contributed by atoms with Crippen molar-refractivity contribution < 1.29 is 8.42 Å². The molecule has 0 spiro atoms. The van der Waals surface area contributed by atoms with E-state index in [1.807, 2.05) is 31.2 Å². The van der Waals surface area contributed by atoms with Crippen LogP contribution in [0.15, 0.2) is 24.3 Å². The standard InChI is InChI=1S/C15H20N4O2S/c1-11-9-15(18-17-11)14-7-3-6-13(16-14)12-5-4-8-19(10-12)22(2,20)21/h3,6-7,9,12H,4-5,8,10H2,1-2H3,(H,17,18). The molecule has 22 heavy (non-hydrogen) atoms. The minimum absolute atomic E-state index is 0.142. The van der Waals surface area contributed by atoms with Gasteiger partial charge in [-0.2, -0.15) is 5.10 Å². The number of piperidine rings is 1. The number of pyridine rings is 1. The highest BCUT2D eigenvalue weighted by molar-refractivity contribution is 7.88. The average molecular weight is 320 g/mol. The molecule has 118 valence electrons. The van der Waals surface area contributed by atoms with E-state index >= 15 is 0 Å². The van der Waals surface area contributed by atoms with Crippen LogP contribution in [0, 0.1) is 6.92 Å². The Morgan fingerprint density at radius 2 is 2.14 bits per heavy atom. The zero-order valence-electron chi connectivity index (χ0n) is 12.8. The Balaban J connectivity index is 1.86. The molecule has 1 N–H and O–H groups in total. The molecule has 3 rings (SSSR count). The number of sulfonamides is 1. The summed E-state index contributed by atoms with van der Waals surface area (Å²) in [5, 5.41) is 7.15. The van der Waals surface area contributed by atoms with Crippen LogP contribution in [0.2, 0.25) is 0 Å². The fourth-order valence-electron chi connectivity index (χ4n) is 2.86. The van der Waals surface area contributed by atoms with E-state index < -0.39 is 10.0 Å². The van der Waals surface area contributed by atoms with Gasteiger partial charge < -0.3 is 0 Å². The van der Waals surface area contributed by atoms with Gasteiger partial charge in [0.2, 0.25) is 10.0 Å². The number of hydrogen-bond acceptors (Lipinski definition) is 4. The minimum Gasteiger partial charge on any atom is -0.282 e. The summed E-state index contributed by atoms with van der Waals surface area (Å²) >= 11 is 0. The fourth-order valence-corrected chi connectivity index (χ4v) is 3.77. The Kier molecular flexibility index (Phi) is 4.01. The summed E-state index contributed by atoms with van der Waals surface area (Å²) in [4.78, 5) is 4.69. The van der Waals surface area contributed by atoms with Gasteiger partial charge in [0, 0.05) is 30.4 Å². The van der Waals surface area contributed by atoms with Gasteiger partial charge in [-0.05, 0) is 38.0 Å². The highest BCUT2D eigenvalue weighted by atomic mass is 32.2. The smallest absolute Gasteiger partial charge is 0.211 e. The molecule has 1 saturated heterocycles. The molecule has 7 heteroatoms. The highest BCUT2D eigenvalue weighted by Crippen LogP contribution is 2.28. The quantitative estimate of drug-likeness (QED) is 0.937. The van der Waals surface area contributed by atoms with Crippen LogP contribution in [0.5, 0.6) is 0 Å². The normalized spacial score (nSPS) is 20.2. The first-order valence-corrected chi connectivity index (χ1v) is 9.23. The Bertz CT molecular complexity index is 769. The number of nitrogens with zero attached hydrogens (tertiary/aromatic N) is 3. The third-order valence-electron chi connectivity index (χ3n) is 4.01. The van der Waals surface area contributed by atoms with Gasteiger partial charge in [0.05, 0.1) is 11.9 Å². The van der Waals surface area contributed by atoms with Gasteiger partial charge in [0.1, 0.15) is 5.69 Å². The topological polar surface area (TPSA) is 79.0 Å². The van der Waals surface area contributed by atoms with Crippen LogP contribution in [0.1, 0.15) is 30.1 Å². The number of nitrogens with one attached hydrogen (secondary N) is 1. The third kappa shape index (κ3) is 3.20. The molecule has 0 amide bonds. The molecule has 1 atom stereocenters. The van der Waals surface area contributed by atoms with Crippen molar-refractivity contribution in [3.05, 3.63) is 35.7 Å². The molecule has 2 aromatic rings. The maximum absolute atomic E-state index is 11.7. The van der Waals surface area contributed by atoms with E-state index in [0.717, 1.165) is 35.6 Å². The number of aromatic nitrogens is 3. The Morgan fingerprint density at radius 1 is 1.32 bits per heavy atom. The van der Waals surface area contributed by atoms with Gasteiger partial charge in [0.15, 0.2) is 0 Å². The maximum atomic E-state index is 11.7. The predicted octanol–water partition coefficient (Wildman–Crippen LogP) is 1.92. The first-order valence-electron chi connectivity index (χ1n) is 7.38. The van der Waals surface area contributed by atoms with Gasteiger partial charge >= 0.3 is 0 Å². The second kappa shape index (κ2) is 5.81. The van der Waals surface area contributed by atoms with Gasteiger partial charge in [-0.15, -0.1) is 0 Å². The second-order valence-corrected chi connectivity index (χ2v) is 7.83. The lowest BCUT2D eigenvalue weighted by atomic mass is 9.95. The van der Waals surface area contributed by atoms with Crippen LogP contribution in [-0.4, -0.2) is 47.2 Å². The number of H-pyrrole nitrogens is 1. The van der Waals surface area contributed by atoms with Crippen molar-refractivity contribution in [1.29, 1.82) is 0 Å². The molecule has 0 saturated carbocycles. The molecule has 1 unspecified atom stereocenters. The molecule has 2 aromatic heterocycles. The molecule has 0 bridgehead atoms. The van der Waals surface area contributed by atoms with E-state index in [-0.39, 0.29) is 5.92 Å². The molecule has 1 aliphatic heterocycles. The van der Waals surface area contributed by atoms with E-state index in [1.54, 1.807) is 4.31 Å². The van der Waals surface area contributed by atoms with Crippen LogP contribution in [0.4, 0.5) is 0 Å². The molecular weight excluding hydrogens is 300 g/mol. The van der Waals surface area contributed by atoms with E-state index in [4.69, 9.17) is 4.98 Å². The Morgan fingerprint density at radius 3 is 2.82 bits per heavy atom. The summed E-state index contributed by atoms with van der Waals surface area (Å²) in [6.45, 7) is 3.06. The molecule has 3 heterocycles. The zero-order chi connectivity index (χ0) is 15.7. The second-order valence-electron chi connectivity index (χ2n) is 5.84. The van der Waals surface area contributed by atoms with Crippen LogP contribution in [0.25, 0.3) is 11.4 Å². The zero-order valence-corrected chi connectivity index (χ0v) is 13.6. The largest absolute Gasteiger partial charge is 0.282 e. The molecule has 0 aliphatic carbocycles. The van der Waals surface area contributed by atoms with Crippen molar-refractivity contribution in [3.8, 4) is 11.4 Å². The first-order chi connectivity index (χ1) is 10.4. The first kappa shape index (κ1) is 15.2. The van der Waals surface area contributed by atoms with Crippen molar-refractivity contribution in [2.24, 2.45) is 0 Å². The van der Waals surface area contributed by atoms with Crippen LogP contribution >= 0.6 is 0 Å². The summed E-state index contributed by atoms with van der Waals surface area (Å²) in [5.74, 6) is 0.142. The molecule has 0 radical (unpaired) electrons. The SMILES string of the molecule is Cc1cc(-c2cccc(C3CCCN(S(C)(=O)=O)C3)n2)n[nH]1. The molecule has 1 aliphatic rings. The van der Waals surface area contributed by atoms with Crippen molar-refractivity contribution in [1.82, 2.24) is 19.5 Å². The van der Waals surface area contributed by atoms with Crippen LogP contribution < -0.4 is 0 Å². The summed E-state index contributed by atoms with van der Waals surface area (Å²) in [7, 11) is -3.14. The number of aromatic amines is 1. The van der Waals surface area contributed by atoms with E-state index in [9.17, 15) is 8.42 Å². The van der Waals surface area contributed by atoms with Crippen LogP contribution in [0.3, 0.4) is 0 Å². The van der Waals surface area contributed by atoms with Crippen molar-refractivity contribution in [3.63, 3.8) is 0 Å². The lowest BCUT2D eigenvalue weighted by Gasteiger charge is -2.30. The molecule has 0 aromatic carbocycles. The van der Waals surface area contributed by atoms with Crippen LogP contribution in [-0.2, 0) is 10.0 Å². The maximum Gasteiger partial charge on any atom is 0.211 e. The summed E-state index contributed by atoms with van der Waals surface area (Å²) < 4.78 is 25.0. The monoisotopic (exact) mass is 320 g/mol. The average Bonchev–Trinajstić information content (AvgIpc) is 2.93. The molecule has 1 fully saturated rings. The molecule has 6 nitrogen and oxygen atoms in total. The minimum atomic E-state index is -3.14. The third-order valence-corrected chi connectivity index (χ3v) is 5.28. The summed E-state index contributed by atoms with van der Waals surface area (Å²) in [5.41, 5.74) is 3.56. The lowest BCUT2D eigenvalue weighted by molar-refractivity contribution is 0.314. The predicted molar refractivity (Wildman–Crippen MR) is 84.9 cm³/mol. The van der Waals surface area contributed by atoms with Gasteiger partial charge in [-0.1, -0.05) is 6.07 Å². The highest BCUT2D eigenvalue weighted by Gasteiger charge is 2.27.